The second-order valence-corrected chi connectivity index (χ2v) is 4.15. The van der Waals surface area contributed by atoms with Gasteiger partial charge in [-0.3, -0.25) is 10.1 Å². The molecule has 0 atom stereocenters. The van der Waals surface area contributed by atoms with E-state index in [1.54, 1.807) is 12.1 Å². The Balaban J connectivity index is 2.36. The van der Waals surface area contributed by atoms with E-state index in [9.17, 15) is 10.1 Å². The van der Waals surface area contributed by atoms with Gasteiger partial charge in [0.15, 0.2) is 0 Å². The fourth-order valence-electron chi connectivity index (χ4n) is 1.60. The van der Waals surface area contributed by atoms with Crippen LogP contribution in [-0.2, 0) is 4.74 Å². The van der Waals surface area contributed by atoms with Gasteiger partial charge < -0.3 is 10.1 Å². The fourth-order valence-corrected chi connectivity index (χ4v) is 1.60. The molecule has 1 N–H and O–H groups in total. The first-order valence-electron chi connectivity index (χ1n) is 6.21. The van der Waals surface area contributed by atoms with Crippen molar-refractivity contribution in [3.05, 3.63) is 33.9 Å². The summed E-state index contributed by atoms with van der Waals surface area (Å²) in [6.45, 7) is 6.30. The first kappa shape index (κ1) is 14.4. The maximum atomic E-state index is 10.6. The zero-order valence-corrected chi connectivity index (χ0v) is 10.9. The number of benzene rings is 1. The largest absolute Gasteiger partial charge is 0.385 e. The van der Waals surface area contributed by atoms with Gasteiger partial charge in [-0.25, -0.2) is 0 Å². The van der Waals surface area contributed by atoms with Crippen LogP contribution >= 0.6 is 0 Å². The molecule has 0 bridgehead atoms. The molecule has 0 saturated carbocycles. The smallest absolute Gasteiger partial charge is 0.269 e. The van der Waals surface area contributed by atoms with Crippen LogP contribution in [0, 0.1) is 17.0 Å². The standard InChI is InChI=1S/C13H20N2O3/c1-3-8-18-9-4-7-14-13-6-5-12(15(16)17)10-11(13)2/h5-6,10,14H,3-4,7-9H2,1-2H3. The minimum atomic E-state index is -0.380. The summed E-state index contributed by atoms with van der Waals surface area (Å²) in [4.78, 5) is 10.2. The summed E-state index contributed by atoms with van der Waals surface area (Å²) in [6, 6.07) is 4.85. The lowest BCUT2D eigenvalue weighted by Gasteiger charge is -2.09. The highest BCUT2D eigenvalue weighted by molar-refractivity contribution is 5.55. The summed E-state index contributed by atoms with van der Waals surface area (Å²) in [7, 11) is 0. The predicted molar refractivity (Wildman–Crippen MR) is 72.1 cm³/mol. The van der Waals surface area contributed by atoms with Gasteiger partial charge in [-0.05, 0) is 31.4 Å². The SMILES string of the molecule is CCCOCCCNc1ccc([N+](=O)[O-])cc1C. The van der Waals surface area contributed by atoms with E-state index in [0.29, 0.717) is 0 Å². The summed E-state index contributed by atoms with van der Waals surface area (Å²) in [5, 5.41) is 13.8. The van der Waals surface area contributed by atoms with Crippen LogP contribution in [0.2, 0.25) is 0 Å². The Bertz CT molecular complexity index is 394. The molecule has 18 heavy (non-hydrogen) atoms. The van der Waals surface area contributed by atoms with Gasteiger partial charge in [0.2, 0.25) is 0 Å². The van der Waals surface area contributed by atoms with Gasteiger partial charge in [-0.2, -0.15) is 0 Å². The highest BCUT2D eigenvalue weighted by Crippen LogP contribution is 2.20. The number of ether oxygens (including phenoxy) is 1. The van der Waals surface area contributed by atoms with E-state index < -0.39 is 0 Å². The van der Waals surface area contributed by atoms with Gasteiger partial charge >= 0.3 is 0 Å². The van der Waals surface area contributed by atoms with Crippen LogP contribution in [0.3, 0.4) is 0 Å². The molecule has 0 aromatic heterocycles. The molecule has 0 unspecified atom stereocenters. The first-order chi connectivity index (χ1) is 8.65. The molecule has 1 aromatic rings. The zero-order valence-electron chi connectivity index (χ0n) is 10.9. The molecule has 100 valence electrons. The third-order valence-electron chi connectivity index (χ3n) is 2.55. The molecule has 1 rings (SSSR count). The third-order valence-corrected chi connectivity index (χ3v) is 2.55. The lowest BCUT2D eigenvalue weighted by atomic mass is 10.2. The number of nitrogens with one attached hydrogen (secondary N) is 1. The number of non-ortho nitro benzene ring substituents is 1. The number of anilines is 1. The number of hydrogen-bond acceptors (Lipinski definition) is 4. The lowest BCUT2D eigenvalue weighted by molar-refractivity contribution is -0.384. The van der Waals surface area contributed by atoms with Crippen LogP contribution in [0.4, 0.5) is 11.4 Å². The van der Waals surface area contributed by atoms with Crippen LogP contribution in [0.15, 0.2) is 18.2 Å². The Labute approximate surface area is 107 Å². The number of nitrogens with zero attached hydrogens (tertiary/aromatic N) is 1. The Hall–Kier alpha value is -1.62. The molecule has 0 amide bonds. The van der Waals surface area contributed by atoms with Gasteiger partial charge in [0.1, 0.15) is 0 Å². The lowest BCUT2D eigenvalue weighted by Crippen LogP contribution is -2.07. The number of rotatable bonds is 8. The Morgan fingerprint density at radius 1 is 1.39 bits per heavy atom. The van der Waals surface area contributed by atoms with Gasteiger partial charge in [0.25, 0.3) is 5.69 Å². The van der Waals surface area contributed by atoms with Gasteiger partial charge in [0.05, 0.1) is 4.92 Å². The van der Waals surface area contributed by atoms with Crippen LogP contribution in [0.1, 0.15) is 25.3 Å². The summed E-state index contributed by atoms with van der Waals surface area (Å²) >= 11 is 0. The average molecular weight is 252 g/mol. The van der Waals surface area contributed by atoms with Crippen molar-refractivity contribution in [3.63, 3.8) is 0 Å². The molecule has 0 aliphatic carbocycles. The van der Waals surface area contributed by atoms with Gasteiger partial charge in [0, 0.05) is 37.6 Å². The number of aryl methyl sites for hydroxylation is 1. The fraction of sp³-hybridized carbons (Fsp3) is 0.538. The van der Waals surface area contributed by atoms with Crippen molar-refractivity contribution in [2.24, 2.45) is 0 Å². The van der Waals surface area contributed by atoms with E-state index in [0.717, 1.165) is 43.9 Å². The van der Waals surface area contributed by atoms with E-state index in [2.05, 4.69) is 12.2 Å². The third kappa shape index (κ3) is 4.71. The molecule has 5 heteroatoms. The molecule has 0 fully saturated rings. The quantitative estimate of drug-likeness (QED) is 0.438. The summed E-state index contributed by atoms with van der Waals surface area (Å²) in [5.74, 6) is 0. The van der Waals surface area contributed by atoms with Crippen molar-refractivity contribution in [2.45, 2.75) is 26.7 Å². The zero-order chi connectivity index (χ0) is 13.4. The first-order valence-corrected chi connectivity index (χ1v) is 6.21. The highest BCUT2D eigenvalue weighted by atomic mass is 16.6. The normalized spacial score (nSPS) is 10.3. The average Bonchev–Trinajstić information content (AvgIpc) is 2.35. The van der Waals surface area contributed by atoms with Crippen LogP contribution in [0.5, 0.6) is 0 Å². The van der Waals surface area contributed by atoms with Crippen LogP contribution < -0.4 is 5.32 Å². The second-order valence-electron chi connectivity index (χ2n) is 4.15. The van der Waals surface area contributed by atoms with Crippen molar-refractivity contribution < 1.29 is 9.66 Å². The van der Waals surface area contributed by atoms with Crippen molar-refractivity contribution in [3.8, 4) is 0 Å². The Morgan fingerprint density at radius 3 is 2.78 bits per heavy atom. The molecule has 0 saturated heterocycles. The molecular formula is C13H20N2O3. The van der Waals surface area contributed by atoms with Crippen molar-refractivity contribution >= 4 is 11.4 Å². The maximum Gasteiger partial charge on any atom is 0.269 e. The summed E-state index contributed by atoms with van der Waals surface area (Å²) in [6.07, 6.45) is 1.96. The monoisotopic (exact) mass is 252 g/mol. The van der Waals surface area contributed by atoms with Crippen molar-refractivity contribution in [2.75, 3.05) is 25.1 Å². The molecule has 0 aliphatic heterocycles. The van der Waals surface area contributed by atoms with Crippen LogP contribution in [-0.4, -0.2) is 24.7 Å². The molecule has 1 aromatic carbocycles. The molecule has 0 aliphatic rings. The number of nitro benzene ring substituents is 1. The molecule has 0 heterocycles. The minimum Gasteiger partial charge on any atom is -0.385 e. The van der Waals surface area contributed by atoms with E-state index in [-0.39, 0.29) is 10.6 Å². The Morgan fingerprint density at radius 2 is 2.17 bits per heavy atom. The van der Waals surface area contributed by atoms with E-state index in [1.807, 2.05) is 6.92 Å². The van der Waals surface area contributed by atoms with E-state index in [4.69, 9.17) is 4.74 Å². The highest BCUT2D eigenvalue weighted by Gasteiger charge is 2.07. The molecule has 0 spiro atoms. The van der Waals surface area contributed by atoms with Gasteiger partial charge in [-0.15, -0.1) is 0 Å². The van der Waals surface area contributed by atoms with Crippen molar-refractivity contribution in [1.29, 1.82) is 0 Å². The summed E-state index contributed by atoms with van der Waals surface area (Å²) in [5.41, 5.74) is 1.96. The predicted octanol–water partition coefficient (Wildman–Crippen LogP) is 3.13. The molecule has 5 nitrogen and oxygen atoms in total. The Kier molecular flexibility index (Phi) is 6.14. The van der Waals surface area contributed by atoms with Crippen LogP contribution in [0.25, 0.3) is 0 Å². The number of hydrogen-bond donors (Lipinski definition) is 1. The second kappa shape index (κ2) is 7.66. The van der Waals surface area contributed by atoms with E-state index in [1.165, 1.54) is 6.07 Å². The topological polar surface area (TPSA) is 64.4 Å². The molecular weight excluding hydrogens is 232 g/mol. The van der Waals surface area contributed by atoms with Gasteiger partial charge in [-0.1, -0.05) is 6.92 Å². The maximum absolute atomic E-state index is 10.6. The number of nitro groups is 1. The summed E-state index contributed by atoms with van der Waals surface area (Å²) < 4.78 is 5.37. The van der Waals surface area contributed by atoms with Crippen molar-refractivity contribution in [1.82, 2.24) is 0 Å². The van der Waals surface area contributed by atoms with E-state index >= 15 is 0 Å². The molecule has 0 radical (unpaired) electrons. The minimum absolute atomic E-state index is 0.129.